The number of pyridine rings is 1. The van der Waals surface area contributed by atoms with E-state index in [1.165, 1.54) is 12.1 Å². The van der Waals surface area contributed by atoms with Crippen molar-refractivity contribution in [3.63, 3.8) is 0 Å². The van der Waals surface area contributed by atoms with Gasteiger partial charge in [-0.15, -0.1) is 5.10 Å². The largest absolute Gasteiger partial charge is 0.416 e. The second kappa shape index (κ2) is 5.47. The summed E-state index contributed by atoms with van der Waals surface area (Å²) in [5.41, 5.74) is 0.116. The van der Waals surface area contributed by atoms with Crippen molar-refractivity contribution in [2.45, 2.75) is 6.18 Å². The van der Waals surface area contributed by atoms with E-state index < -0.39 is 11.7 Å². The molecule has 0 amide bonds. The maximum Gasteiger partial charge on any atom is 0.416 e. The van der Waals surface area contributed by atoms with Crippen LogP contribution in [0.3, 0.4) is 0 Å². The van der Waals surface area contributed by atoms with Gasteiger partial charge in [0.15, 0.2) is 0 Å². The van der Waals surface area contributed by atoms with E-state index in [1.807, 2.05) is 0 Å². The molecule has 3 aromatic rings. The van der Waals surface area contributed by atoms with Crippen molar-refractivity contribution < 1.29 is 17.6 Å². The molecule has 8 heteroatoms. The van der Waals surface area contributed by atoms with Gasteiger partial charge in [-0.25, -0.2) is 0 Å². The molecule has 0 bridgehead atoms. The first-order chi connectivity index (χ1) is 10.5. The van der Waals surface area contributed by atoms with Crippen LogP contribution in [0.4, 0.5) is 24.9 Å². The van der Waals surface area contributed by atoms with Crippen LogP contribution in [0.2, 0.25) is 0 Å². The van der Waals surface area contributed by atoms with Crippen LogP contribution in [0.1, 0.15) is 5.56 Å². The number of nitrogens with one attached hydrogen (secondary N) is 1. The smallest absolute Gasteiger partial charge is 0.403 e. The second-order valence-corrected chi connectivity index (χ2v) is 4.35. The molecule has 2 aromatic heterocycles. The number of rotatable bonds is 3. The van der Waals surface area contributed by atoms with Crippen LogP contribution >= 0.6 is 0 Å². The van der Waals surface area contributed by atoms with Gasteiger partial charge in [-0.3, -0.25) is 4.98 Å². The van der Waals surface area contributed by atoms with Crippen molar-refractivity contribution in [3.05, 3.63) is 54.4 Å². The molecule has 22 heavy (non-hydrogen) atoms. The van der Waals surface area contributed by atoms with Gasteiger partial charge in [0, 0.05) is 23.6 Å². The van der Waals surface area contributed by atoms with Crippen molar-refractivity contribution in [2.75, 3.05) is 5.32 Å². The van der Waals surface area contributed by atoms with Crippen LogP contribution in [0.25, 0.3) is 11.5 Å². The normalized spacial score (nSPS) is 11.4. The fourth-order valence-corrected chi connectivity index (χ4v) is 1.78. The lowest BCUT2D eigenvalue weighted by atomic mass is 10.2. The van der Waals surface area contributed by atoms with Gasteiger partial charge >= 0.3 is 12.2 Å². The zero-order valence-electron chi connectivity index (χ0n) is 11.0. The molecule has 2 heterocycles. The molecule has 3 rings (SSSR count). The molecule has 0 unspecified atom stereocenters. The lowest BCUT2D eigenvalue weighted by Gasteiger charge is -2.08. The summed E-state index contributed by atoms with van der Waals surface area (Å²) >= 11 is 0. The molecule has 1 N–H and O–H groups in total. The minimum absolute atomic E-state index is 0.00568. The summed E-state index contributed by atoms with van der Waals surface area (Å²) in [4.78, 5) is 3.87. The fraction of sp³-hybridized carbons (Fsp3) is 0.0714. The third-order valence-corrected chi connectivity index (χ3v) is 2.79. The standard InChI is InChI=1S/C14H9F3N4O/c15-14(16,17)10-2-1-3-11(8-10)19-13-21-20-12(22-13)9-4-6-18-7-5-9/h1-8H,(H,19,21). The van der Waals surface area contributed by atoms with Gasteiger partial charge in [0.05, 0.1) is 5.56 Å². The van der Waals surface area contributed by atoms with Gasteiger partial charge in [-0.1, -0.05) is 11.2 Å². The summed E-state index contributed by atoms with van der Waals surface area (Å²) in [5.74, 6) is 0.247. The molecule has 0 atom stereocenters. The molecule has 0 saturated carbocycles. The topological polar surface area (TPSA) is 63.8 Å². The first kappa shape index (κ1) is 14.1. The zero-order valence-corrected chi connectivity index (χ0v) is 11.0. The Bertz CT molecular complexity index is 771. The number of halogens is 3. The zero-order chi connectivity index (χ0) is 15.6. The molecular formula is C14H9F3N4O. The molecule has 0 fully saturated rings. The summed E-state index contributed by atoms with van der Waals surface area (Å²) in [6.45, 7) is 0. The Balaban J connectivity index is 1.81. The molecule has 0 spiro atoms. The van der Waals surface area contributed by atoms with E-state index in [4.69, 9.17) is 4.42 Å². The Hall–Kier alpha value is -2.90. The number of hydrogen-bond acceptors (Lipinski definition) is 5. The molecular weight excluding hydrogens is 297 g/mol. The fourth-order valence-electron chi connectivity index (χ4n) is 1.78. The summed E-state index contributed by atoms with van der Waals surface area (Å²) in [5, 5.41) is 10.2. The highest BCUT2D eigenvalue weighted by atomic mass is 19.4. The van der Waals surface area contributed by atoms with Crippen LogP contribution in [0.5, 0.6) is 0 Å². The van der Waals surface area contributed by atoms with E-state index in [2.05, 4.69) is 20.5 Å². The van der Waals surface area contributed by atoms with E-state index in [0.29, 0.717) is 5.56 Å². The van der Waals surface area contributed by atoms with E-state index in [1.54, 1.807) is 24.5 Å². The number of benzene rings is 1. The molecule has 112 valence electrons. The van der Waals surface area contributed by atoms with Crippen molar-refractivity contribution >= 4 is 11.7 Å². The Morgan fingerprint density at radius 1 is 1.00 bits per heavy atom. The summed E-state index contributed by atoms with van der Waals surface area (Å²) in [7, 11) is 0. The average Bonchev–Trinajstić information content (AvgIpc) is 2.96. The Morgan fingerprint density at radius 3 is 2.50 bits per heavy atom. The van der Waals surface area contributed by atoms with Gasteiger partial charge in [0.1, 0.15) is 0 Å². The predicted molar refractivity (Wildman–Crippen MR) is 72.3 cm³/mol. The predicted octanol–water partition coefficient (Wildman–Crippen LogP) is 3.89. The van der Waals surface area contributed by atoms with Crippen LogP contribution < -0.4 is 5.32 Å². The minimum Gasteiger partial charge on any atom is -0.403 e. The third kappa shape index (κ3) is 3.05. The second-order valence-electron chi connectivity index (χ2n) is 4.35. The van der Waals surface area contributed by atoms with Gasteiger partial charge < -0.3 is 9.73 Å². The van der Waals surface area contributed by atoms with Crippen molar-refractivity contribution in [1.29, 1.82) is 0 Å². The summed E-state index contributed by atoms with van der Waals surface area (Å²) < 4.78 is 43.3. The minimum atomic E-state index is -4.41. The molecule has 5 nitrogen and oxygen atoms in total. The highest BCUT2D eigenvalue weighted by molar-refractivity contribution is 5.56. The average molecular weight is 306 g/mol. The van der Waals surface area contributed by atoms with Gasteiger partial charge in [0.2, 0.25) is 5.89 Å². The van der Waals surface area contributed by atoms with Crippen molar-refractivity contribution in [1.82, 2.24) is 15.2 Å². The summed E-state index contributed by atoms with van der Waals surface area (Å²) in [6, 6.07) is 8.10. The highest BCUT2D eigenvalue weighted by Crippen LogP contribution is 2.31. The van der Waals surface area contributed by atoms with Gasteiger partial charge in [0.25, 0.3) is 0 Å². The Kier molecular flexibility index (Phi) is 3.50. The number of hydrogen-bond donors (Lipinski definition) is 1. The summed E-state index contributed by atoms with van der Waals surface area (Å²) in [6.07, 6.45) is -1.27. The van der Waals surface area contributed by atoms with E-state index in [0.717, 1.165) is 12.1 Å². The number of anilines is 2. The molecule has 1 aromatic carbocycles. The third-order valence-electron chi connectivity index (χ3n) is 2.79. The maximum absolute atomic E-state index is 12.6. The monoisotopic (exact) mass is 306 g/mol. The van der Waals surface area contributed by atoms with E-state index in [9.17, 15) is 13.2 Å². The Morgan fingerprint density at radius 2 is 1.77 bits per heavy atom. The molecule has 0 aliphatic rings. The molecule has 0 aliphatic carbocycles. The number of alkyl halides is 3. The van der Waals surface area contributed by atoms with Crippen molar-refractivity contribution in [2.24, 2.45) is 0 Å². The lowest BCUT2D eigenvalue weighted by molar-refractivity contribution is -0.137. The van der Waals surface area contributed by atoms with E-state index in [-0.39, 0.29) is 17.6 Å². The van der Waals surface area contributed by atoms with Crippen LogP contribution in [0, 0.1) is 0 Å². The Labute approximate surface area is 122 Å². The van der Waals surface area contributed by atoms with Crippen molar-refractivity contribution in [3.8, 4) is 11.5 Å². The highest BCUT2D eigenvalue weighted by Gasteiger charge is 2.30. The number of aromatic nitrogens is 3. The first-order valence-corrected chi connectivity index (χ1v) is 6.20. The SMILES string of the molecule is FC(F)(F)c1cccc(Nc2nnc(-c3ccncc3)o2)c1. The molecule has 0 saturated heterocycles. The quantitative estimate of drug-likeness (QED) is 0.795. The maximum atomic E-state index is 12.6. The van der Waals surface area contributed by atoms with Crippen LogP contribution in [-0.4, -0.2) is 15.2 Å². The van der Waals surface area contributed by atoms with Gasteiger partial charge in [-0.2, -0.15) is 13.2 Å². The van der Waals surface area contributed by atoms with Crippen LogP contribution in [-0.2, 0) is 6.18 Å². The molecule has 0 radical (unpaired) electrons. The van der Waals surface area contributed by atoms with Crippen LogP contribution in [0.15, 0.2) is 53.2 Å². The molecule has 0 aliphatic heterocycles. The van der Waals surface area contributed by atoms with Gasteiger partial charge in [-0.05, 0) is 30.3 Å². The lowest BCUT2D eigenvalue weighted by Crippen LogP contribution is -2.05. The number of nitrogens with zero attached hydrogens (tertiary/aromatic N) is 3. The first-order valence-electron chi connectivity index (χ1n) is 6.20. The van der Waals surface area contributed by atoms with E-state index >= 15 is 0 Å².